The molecular weight excluding hydrogens is 348 g/mol. The molecule has 3 aromatic heterocycles. The Bertz CT molecular complexity index is 784. The van der Waals surface area contributed by atoms with E-state index in [1.807, 2.05) is 24.7 Å². The first-order valence-corrected chi connectivity index (χ1v) is 8.48. The van der Waals surface area contributed by atoms with Crippen LogP contribution in [0, 0.1) is 0 Å². The molecule has 1 N–H and O–H groups in total. The standard InChI is InChI=1S/C15H15BrN4S/c1-3-4-11-13(16)15(17-2)20-14(19-11)9-7-12-10(18-8-9)5-6-21-12/h5-8H,3-4H2,1-2H3,(H,17,19,20). The van der Waals surface area contributed by atoms with Gasteiger partial charge in [-0.05, 0) is 39.9 Å². The number of nitrogens with one attached hydrogen (secondary N) is 1. The first-order chi connectivity index (χ1) is 10.2. The van der Waals surface area contributed by atoms with Crippen molar-refractivity contribution in [3.05, 3.63) is 33.9 Å². The highest BCUT2D eigenvalue weighted by Crippen LogP contribution is 2.29. The molecule has 108 valence electrons. The second-order valence-corrected chi connectivity index (χ2v) is 6.43. The van der Waals surface area contributed by atoms with Gasteiger partial charge in [-0.25, -0.2) is 9.97 Å². The van der Waals surface area contributed by atoms with Crippen molar-refractivity contribution in [2.24, 2.45) is 0 Å². The van der Waals surface area contributed by atoms with Crippen molar-refractivity contribution in [1.82, 2.24) is 15.0 Å². The van der Waals surface area contributed by atoms with Crippen molar-refractivity contribution in [3.8, 4) is 11.4 Å². The Morgan fingerprint density at radius 2 is 2.19 bits per heavy atom. The van der Waals surface area contributed by atoms with Crippen molar-refractivity contribution in [2.45, 2.75) is 19.8 Å². The van der Waals surface area contributed by atoms with Gasteiger partial charge in [-0.15, -0.1) is 11.3 Å². The molecule has 0 spiro atoms. The molecule has 0 aliphatic heterocycles. The van der Waals surface area contributed by atoms with Gasteiger partial charge in [0.25, 0.3) is 0 Å². The van der Waals surface area contributed by atoms with E-state index >= 15 is 0 Å². The van der Waals surface area contributed by atoms with E-state index in [1.54, 1.807) is 11.3 Å². The highest BCUT2D eigenvalue weighted by atomic mass is 79.9. The van der Waals surface area contributed by atoms with Crippen LogP contribution in [-0.2, 0) is 6.42 Å². The van der Waals surface area contributed by atoms with E-state index in [0.717, 1.165) is 44.6 Å². The van der Waals surface area contributed by atoms with Crippen LogP contribution in [0.1, 0.15) is 19.0 Å². The molecule has 21 heavy (non-hydrogen) atoms. The van der Waals surface area contributed by atoms with E-state index in [-0.39, 0.29) is 0 Å². The Morgan fingerprint density at radius 1 is 1.33 bits per heavy atom. The molecule has 0 saturated heterocycles. The minimum atomic E-state index is 0.716. The molecule has 6 heteroatoms. The van der Waals surface area contributed by atoms with E-state index in [0.29, 0.717) is 5.82 Å². The highest BCUT2D eigenvalue weighted by molar-refractivity contribution is 9.10. The van der Waals surface area contributed by atoms with Gasteiger partial charge in [0.05, 0.1) is 20.4 Å². The first kappa shape index (κ1) is 14.4. The summed E-state index contributed by atoms with van der Waals surface area (Å²) in [6, 6.07) is 4.12. The number of halogens is 1. The fraction of sp³-hybridized carbons (Fsp3) is 0.267. The predicted octanol–water partition coefficient (Wildman–Crippen LogP) is 4.51. The average Bonchev–Trinajstić information content (AvgIpc) is 2.97. The van der Waals surface area contributed by atoms with Crippen LogP contribution in [0.15, 0.2) is 28.2 Å². The van der Waals surface area contributed by atoms with Gasteiger partial charge in [-0.2, -0.15) is 0 Å². The number of rotatable bonds is 4. The van der Waals surface area contributed by atoms with Crippen molar-refractivity contribution < 1.29 is 0 Å². The maximum atomic E-state index is 4.70. The number of nitrogens with zero attached hydrogens (tertiary/aromatic N) is 3. The number of fused-ring (bicyclic) bond motifs is 1. The minimum Gasteiger partial charge on any atom is -0.372 e. The summed E-state index contributed by atoms with van der Waals surface area (Å²) in [5.41, 5.74) is 2.99. The molecule has 4 nitrogen and oxygen atoms in total. The van der Waals surface area contributed by atoms with Gasteiger partial charge in [0.1, 0.15) is 5.82 Å². The van der Waals surface area contributed by atoms with Crippen LogP contribution in [0.3, 0.4) is 0 Å². The van der Waals surface area contributed by atoms with Crippen LogP contribution < -0.4 is 5.32 Å². The van der Waals surface area contributed by atoms with Crippen molar-refractivity contribution in [1.29, 1.82) is 0 Å². The average molecular weight is 363 g/mol. The van der Waals surface area contributed by atoms with E-state index in [9.17, 15) is 0 Å². The summed E-state index contributed by atoms with van der Waals surface area (Å²) < 4.78 is 2.10. The number of anilines is 1. The van der Waals surface area contributed by atoms with Crippen LogP contribution in [0.2, 0.25) is 0 Å². The molecule has 3 rings (SSSR count). The number of aryl methyl sites for hydroxylation is 1. The monoisotopic (exact) mass is 362 g/mol. The van der Waals surface area contributed by atoms with E-state index in [4.69, 9.17) is 4.98 Å². The molecule has 3 heterocycles. The van der Waals surface area contributed by atoms with Crippen LogP contribution in [-0.4, -0.2) is 22.0 Å². The Morgan fingerprint density at radius 3 is 2.95 bits per heavy atom. The number of aromatic nitrogens is 3. The lowest BCUT2D eigenvalue weighted by Crippen LogP contribution is -2.03. The smallest absolute Gasteiger partial charge is 0.163 e. The Hall–Kier alpha value is -1.53. The quantitative estimate of drug-likeness (QED) is 0.741. The summed E-state index contributed by atoms with van der Waals surface area (Å²) in [7, 11) is 1.87. The molecule has 3 aromatic rings. The Kier molecular flexibility index (Phi) is 4.17. The number of thiophene rings is 1. The third-order valence-electron chi connectivity index (χ3n) is 3.20. The van der Waals surface area contributed by atoms with E-state index in [1.165, 1.54) is 0 Å². The van der Waals surface area contributed by atoms with Gasteiger partial charge < -0.3 is 5.32 Å². The first-order valence-electron chi connectivity index (χ1n) is 6.80. The number of hydrogen-bond acceptors (Lipinski definition) is 5. The largest absolute Gasteiger partial charge is 0.372 e. The van der Waals surface area contributed by atoms with Crippen molar-refractivity contribution >= 4 is 43.3 Å². The highest BCUT2D eigenvalue weighted by Gasteiger charge is 2.13. The Labute approximate surface area is 135 Å². The van der Waals surface area contributed by atoms with Crippen molar-refractivity contribution in [3.63, 3.8) is 0 Å². The van der Waals surface area contributed by atoms with Gasteiger partial charge in [-0.1, -0.05) is 13.3 Å². The molecule has 0 unspecified atom stereocenters. The Balaban J connectivity index is 2.13. The summed E-state index contributed by atoms with van der Waals surface area (Å²) >= 11 is 5.26. The third-order valence-corrected chi connectivity index (χ3v) is 4.89. The van der Waals surface area contributed by atoms with Crippen LogP contribution in [0.25, 0.3) is 21.6 Å². The minimum absolute atomic E-state index is 0.716. The SMILES string of the molecule is CCCc1nc(-c2cnc3ccsc3c2)nc(NC)c1Br. The van der Waals surface area contributed by atoms with Crippen LogP contribution in [0.5, 0.6) is 0 Å². The maximum absolute atomic E-state index is 4.70. The van der Waals surface area contributed by atoms with Crippen LogP contribution >= 0.6 is 27.3 Å². The molecule has 0 bridgehead atoms. The molecule has 0 amide bonds. The van der Waals surface area contributed by atoms with Gasteiger partial charge in [0.15, 0.2) is 5.82 Å². The lowest BCUT2D eigenvalue weighted by molar-refractivity contribution is 0.869. The summed E-state index contributed by atoms with van der Waals surface area (Å²) in [4.78, 5) is 13.8. The zero-order chi connectivity index (χ0) is 14.8. The maximum Gasteiger partial charge on any atom is 0.163 e. The molecule has 0 radical (unpaired) electrons. The number of hydrogen-bond donors (Lipinski definition) is 1. The number of pyridine rings is 1. The van der Waals surface area contributed by atoms with E-state index in [2.05, 4.69) is 44.2 Å². The molecule has 0 aliphatic carbocycles. The van der Waals surface area contributed by atoms with Gasteiger partial charge in [0, 0.05) is 18.8 Å². The molecule has 0 aliphatic rings. The molecule has 0 fully saturated rings. The normalized spacial score (nSPS) is 11.0. The summed E-state index contributed by atoms with van der Waals surface area (Å²) in [5.74, 6) is 1.53. The predicted molar refractivity (Wildman–Crippen MR) is 91.9 cm³/mol. The molecule has 0 atom stereocenters. The topological polar surface area (TPSA) is 50.7 Å². The van der Waals surface area contributed by atoms with Crippen LogP contribution in [0.4, 0.5) is 5.82 Å². The second kappa shape index (κ2) is 6.07. The van der Waals surface area contributed by atoms with Gasteiger partial charge in [-0.3, -0.25) is 4.98 Å². The fourth-order valence-corrected chi connectivity index (χ4v) is 3.51. The summed E-state index contributed by atoms with van der Waals surface area (Å²) in [6.45, 7) is 2.15. The summed E-state index contributed by atoms with van der Waals surface area (Å²) in [6.07, 6.45) is 3.80. The van der Waals surface area contributed by atoms with Gasteiger partial charge in [0.2, 0.25) is 0 Å². The summed E-state index contributed by atoms with van der Waals surface area (Å²) in [5, 5.41) is 5.17. The zero-order valence-corrected chi connectivity index (χ0v) is 14.3. The molecular formula is C15H15BrN4S. The fourth-order valence-electron chi connectivity index (χ4n) is 2.16. The second-order valence-electron chi connectivity index (χ2n) is 4.68. The van der Waals surface area contributed by atoms with Gasteiger partial charge >= 0.3 is 0 Å². The van der Waals surface area contributed by atoms with Crippen molar-refractivity contribution in [2.75, 3.05) is 12.4 Å². The van der Waals surface area contributed by atoms with E-state index < -0.39 is 0 Å². The molecule has 0 aromatic carbocycles. The zero-order valence-electron chi connectivity index (χ0n) is 11.9. The third kappa shape index (κ3) is 2.78. The lowest BCUT2D eigenvalue weighted by Gasteiger charge is -2.10. The molecule has 0 saturated carbocycles. The lowest BCUT2D eigenvalue weighted by atomic mass is 10.2.